The van der Waals surface area contributed by atoms with Crippen LogP contribution in [0, 0.1) is 16.7 Å². The van der Waals surface area contributed by atoms with Crippen LogP contribution in [0.5, 0.6) is 5.75 Å². The molecule has 0 spiro atoms. The lowest BCUT2D eigenvalue weighted by Gasteiger charge is -2.56. The number of allylic oxidation sites excluding steroid dienone is 4. The van der Waals surface area contributed by atoms with Crippen molar-refractivity contribution in [1.82, 2.24) is 23.4 Å². The van der Waals surface area contributed by atoms with E-state index in [-0.39, 0.29) is 28.6 Å². The van der Waals surface area contributed by atoms with Crippen molar-refractivity contribution in [3.05, 3.63) is 63.9 Å². The third-order valence-electron chi connectivity index (χ3n) is 12.3. The van der Waals surface area contributed by atoms with Gasteiger partial charge >= 0.3 is 10.2 Å². The van der Waals surface area contributed by atoms with Crippen LogP contribution in [-0.2, 0) is 26.3 Å². The highest BCUT2D eigenvalue weighted by Gasteiger charge is 2.52. The molecule has 1 N–H and O–H groups in total. The Labute approximate surface area is 296 Å². The summed E-state index contributed by atoms with van der Waals surface area (Å²) >= 11 is 0. The summed E-state index contributed by atoms with van der Waals surface area (Å²) in [6.45, 7) is 8.48. The van der Waals surface area contributed by atoms with Crippen LogP contribution in [0.4, 0.5) is 0 Å². The summed E-state index contributed by atoms with van der Waals surface area (Å²) in [4.78, 5) is 33.3. The number of hydrogen-bond acceptors (Lipinski definition) is 6. The zero-order valence-corrected chi connectivity index (χ0v) is 31.2. The van der Waals surface area contributed by atoms with Crippen molar-refractivity contribution < 1.29 is 22.7 Å². The Kier molecular flexibility index (Phi) is 7.97. The van der Waals surface area contributed by atoms with Gasteiger partial charge in [-0.3, -0.25) is 9.59 Å². The molecule has 2 aromatic rings. The van der Waals surface area contributed by atoms with E-state index < -0.39 is 16.1 Å². The summed E-state index contributed by atoms with van der Waals surface area (Å²) in [6.07, 6.45) is 11.8. The van der Waals surface area contributed by atoms with Crippen molar-refractivity contribution in [3.8, 4) is 5.75 Å². The summed E-state index contributed by atoms with van der Waals surface area (Å²) in [6, 6.07) is 6.55. The molecule has 2 bridgehead atoms. The van der Waals surface area contributed by atoms with Gasteiger partial charge in [0, 0.05) is 63.8 Å². The fraction of sp³-hybridized carbons (Fsp3) is 0.590. The highest BCUT2D eigenvalue weighted by Crippen LogP contribution is 2.56. The molecule has 1 saturated carbocycles. The van der Waals surface area contributed by atoms with Gasteiger partial charge < -0.3 is 19.1 Å². The van der Waals surface area contributed by atoms with Gasteiger partial charge in [-0.15, -0.1) is 0 Å². The molecule has 3 unspecified atom stereocenters. The first-order valence-electron chi connectivity index (χ1n) is 18.3. The van der Waals surface area contributed by atoms with Gasteiger partial charge in [0.2, 0.25) is 5.91 Å². The largest absolute Gasteiger partial charge is 0.496 e. The Morgan fingerprint density at radius 3 is 2.38 bits per heavy atom. The minimum absolute atomic E-state index is 0.0243. The monoisotopic (exact) mass is 701 g/mol. The summed E-state index contributed by atoms with van der Waals surface area (Å²) in [5.41, 5.74) is 6.55. The predicted molar refractivity (Wildman–Crippen MR) is 194 cm³/mol. The quantitative estimate of drug-likeness (QED) is 0.450. The molecule has 8 rings (SSSR count). The van der Waals surface area contributed by atoms with E-state index in [1.807, 2.05) is 0 Å². The van der Waals surface area contributed by atoms with E-state index in [1.165, 1.54) is 38.9 Å². The van der Waals surface area contributed by atoms with E-state index in [0.717, 1.165) is 88.8 Å². The third kappa shape index (κ3) is 5.46. The second kappa shape index (κ2) is 11.8. The number of hydrogen-bond donors (Lipinski definition) is 1. The maximum Gasteiger partial charge on any atom is 0.303 e. The number of nitrogens with one attached hydrogen (secondary N) is 1. The Bertz CT molecular complexity index is 1980. The number of benzene rings is 1. The number of nitrogens with zero attached hydrogens (tertiary/aromatic N) is 4. The average Bonchev–Trinajstić information content (AvgIpc) is 3.68. The van der Waals surface area contributed by atoms with Crippen molar-refractivity contribution >= 4 is 32.9 Å². The second-order valence-corrected chi connectivity index (χ2v) is 18.8. The molecule has 3 fully saturated rings. The first-order chi connectivity index (χ1) is 23.7. The van der Waals surface area contributed by atoms with Gasteiger partial charge in [-0.1, -0.05) is 51.3 Å². The predicted octanol–water partition coefficient (Wildman–Crippen LogP) is 5.09. The summed E-state index contributed by atoms with van der Waals surface area (Å²) in [7, 11) is 2.72. The van der Waals surface area contributed by atoms with Crippen molar-refractivity contribution in [2.24, 2.45) is 16.7 Å². The van der Waals surface area contributed by atoms with Crippen LogP contribution in [0.1, 0.15) is 81.9 Å². The minimum Gasteiger partial charge on any atom is -0.496 e. The molecule has 0 radical (unpaired) electrons. The number of ether oxygens (including phenoxy) is 1. The number of aromatic nitrogens is 1. The normalized spacial score (nSPS) is 29.9. The van der Waals surface area contributed by atoms with Gasteiger partial charge in [0.25, 0.3) is 5.91 Å². The molecule has 10 nitrogen and oxygen atoms in total. The lowest BCUT2D eigenvalue weighted by Crippen LogP contribution is -2.63. The molecule has 4 atom stereocenters. The standard InChI is InChI=1S/C39H51N5O5S/c1-38-19-39(2,21-42(5)20-38)23-43(22-38)37(46)27-14-10-13-26-32(27)30-17-28-31(49-6)16-15-25(24-11-8-7-9-12-24)35(28)44(30)18-29-33(26)34(29)36(45)40-50(47,48)41(3)4/h10,13,15-17,24,27,32H,7-9,11-12,14,18-23H2,1-6H3,(H,40,45)/t27-,32?,38?,39?/m1/s1. The summed E-state index contributed by atoms with van der Waals surface area (Å²) in [5, 5.41) is 1.03. The van der Waals surface area contributed by atoms with Crippen molar-refractivity contribution in [2.75, 3.05) is 54.4 Å². The molecule has 50 heavy (non-hydrogen) atoms. The number of methoxy groups -OCH3 is 1. The molecule has 3 aliphatic heterocycles. The van der Waals surface area contributed by atoms with Crippen LogP contribution < -0.4 is 9.46 Å². The first kappa shape index (κ1) is 33.7. The number of fused-ring (bicyclic) bond motifs is 8. The number of carbonyl (C=O) groups excluding carboxylic acids is 2. The molecule has 6 aliphatic rings. The fourth-order valence-electron chi connectivity index (χ4n) is 10.8. The molecule has 1 aromatic heterocycles. The summed E-state index contributed by atoms with van der Waals surface area (Å²) in [5.74, 6) is 0.124. The van der Waals surface area contributed by atoms with E-state index in [4.69, 9.17) is 4.74 Å². The Balaban J connectivity index is 1.28. The minimum atomic E-state index is -3.99. The van der Waals surface area contributed by atoms with E-state index in [0.29, 0.717) is 24.5 Å². The Hall–Kier alpha value is -3.41. The smallest absolute Gasteiger partial charge is 0.303 e. The Morgan fingerprint density at radius 1 is 1.02 bits per heavy atom. The van der Waals surface area contributed by atoms with E-state index in [1.54, 1.807) is 7.11 Å². The number of amides is 2. The van der Waals surface area contributed by atoms with Crippen LogP contribution in [-0.4, -0.2) is 93.3 Å². The van der Waals surface area contributed by atoms with Crippen LogP contribution in [0.25, 0.3) is 10.9 Å². The van der Waals surface area contributed by atoms with Gasteiger partial charge in [0.1, 0.15) is 5.75 Å². The first-order valence-corrected chi connectivity index (χ1v) is 19.7. The molecular formula is C39H51N5O5S. The van der Waals surface area contributed by atoms with E-state index in [2.05, 4.69) is 70.3 Å². The SMILES string of the molecule is COc1ccc(C2CCCCC2)c2c1cc1n2CC2=C(C(=O)NS(=O)(=O)N(C)C)C2=C2C=CC[C@@H](C(=O)N3CC4(C)CN(C)CC(C)(C3)C4)C21. The Morgan fingerprint density at radius 2 is 1.72 bits per heavy atom. The zero-order valence-electron chi connectivity index (χ0n) is 30.3. The maximum atomic E-state index is 15.0. The van der Waals surface area contributed by atoms with Crippen LogP contribution in [0.3, 0.4) is 0 Å². The molecule has 1 aromatic carbocycles. The lowest BCUT2D eigenvalue weighted by molar-refractivity contribution is -0.148. The van der Waals surface area contributed by atoms with E-state index >= 15 is 4.79 Å². The number of carbonyl (C=O) groups is 2. The number of rotatable bonds is 6. The van der Waals surface area contributed by atoms with Crippen LogP contribution in [0.15, 0.2) is 52.6 Å². The molecular weight excluding hydrogens is 651 g/mol. The van der Waals surface area contributed by atoms with Crippen LogP contribution >= 0.6 is 0 Å². The highest BCUT2D eigenvalue weighted by atomic mass is 32.2. The molecule has 11 heteroatoms. The molecule has 3 aliphatic carbocycles. The van der Waals surface area contributed by atoms with Gasteiger partial charge in [-0.05, 0) is 83.9 Å². The number of likely N-dealkylation sites (tertiary alicyclic amines) is 2. The molecule has 2 saturated heterocycles. The molecule has 2 amide bonds. The van der Waals surface area contributed by atoms with Gasteiger partial charge in [-0.25, -0.2) is 4.72 Å². The zero-order chi connectivity index (χ0) is 35.3. The number of piperidine rings is 2. The molecule has 268 valence electrons. The van der Waals surface area contributed by atoms with Gasteiger partial charge in [-0.2, -0.15) is 12.7 Å². The third-order valence-corrected chi connectivity index (χ3v) is 13.8. The summed E-state index contributed by atoms with van der Waals surface area (Å²) < 4.78 is 37.2. The second-order valence-electron chi connectivity index (χ2n) is 16.9. The maximum absolute atomic E-state index is 15.0. The van der Waals surface area contributed by atoms with Crippen molar-refractivity contribution in [3.63, 3.8) is 0 Å². The topological polar surface area (TPSA) is 104 Å². The lowest BCUT2D eigenvalue weighted by atomic mass is 9.65. The average molecular weight is 702 g/mol. The highest BCUT2D eigenvalue weighted by molar-refractivity contribution is 7.87. The van der Waals surface area contributed by atoms with Gasteiger partial charge in [0.05, 0.1) is 24.1 Å². The van der Waals surface area contributed by atoms with Crippen molar-refractivity contribution in [1.29, 1.82) is 0 Å². The van der Waals surface area contributed by atoms with Gasteiger partial charge in [0.15, 0.2) is 0 Å². The fourth-order valence-corrected chi connectivity index (χ4v) is 11.4. The van der Waals surface area contributed by atoms with Crippen LogP contribution in [0.2, 0.25) is 0 Å². The van der Waals surface area contributed by atoms with Crippen molar-refractivity contribution in [2.45, 2.75) is 77.2 Å². The molecule has 4 heterocycles. The van der Waals surface area contributed by atoms with E-state index in [9.17, 15) is 13.2 Å².